The third kappa shape index (κ3) is 7.27. The van der Waals surface area contributed by atoms with Crippen molar-refractivity contribution >= 4 is 18.0 Å². The molecule has 1 saturated carbocycles. The number of rotatable bonds is 5. The summed E-state index contributed by atoms with van der Waals surface area (Å²) in [6.07, 6.45) is 4.95. The molecule has 1 unspecified atom stereocenters. The van der Waals surface area contributed by atoms with Crippen LogP contribution in [0.4, 0.5) is 4.79 Å². The summed E-state index contributed by atoms with van der Waals surface area (Å²) in [4.78, 5) is 30.4. The van der Waals surface area contributed by atoms with Crippen molar-refractivity contribution in [1.29, 1.82) is 0 Å². The van der Waals surface area contributed by atoms with Gasteiger partial charge in [0.05, 0.1) is 0 Å². The van der Waals surface area contributed by atoms with Crippen LogP contribution in [0, 0.1) is 5.92 Å². The maximum atomic E-state index is 12.5. The molecule has 0 aromatic carbocycles. The van der Waals surface area contributed by atoms with Gasteiger partial charge in [-0.2, -0.15) is 0 Å². The Morgan fingerprint density at radius 1 is 1.11 bits per heavy atom. The Hall–Kier alpha value is -1.99. The van der Waals surface area contributed by atoms with E-state index in [9.17, 15) is 9.59 Å². The van der Waals surface area contributed by atoms with Crippen molar-refractivity contribution in [3.63, 3.8) is 0 Å². The maximum absolute atomic E-state index is 12.5. The number of alkyl carbamates (subject to hydrolysis) is 1. The summed E-state index contributed by atoms with van der Waals surface area (Å²) in [5, 5.41) is 9.25. The molecule has 0 aromatic rings. The Balaban J connectivity index is 1.65. The Bertz CT molecular complexity index is 538. The van der Waals surface area contributed by atoms with Gasteiger partial charge < -0.3 is 25.6 Å². The molecule has 3 N–H and O–H groups in total. The molecule has 0 spiro atoms. The van der Waals surface area contributed by atoms with E-state index in [0.29, 0.717) is 25.0 Å². The van der Waals surface area contributed by atoms with E-state index in [1.54, 1.807) is 7.05 Å². The number of carbonyl (C=O) groups excluding carboxylic acids is 2. The highest BCUT2D eigenvalue weighted by Crippen LogP contribution is 2.27. The normalized spacial score (nSPS) is 21.3. The van der Waals surface area contributed by atoms with Crippen molar-refractivity contribution in [2.45, 2.75) is 64.5 Å². The van der Waals surface area contributed by atoms with E-state index in [-0.39, 0.29) is 12.0 Å². The Kier molecular flexibility index (Phi) is 7.74. The molecule has 8 nitrogen and oxygen atoms in total. The van der Waals surface area contributed by atoms with E-state index in [1.165, 1.54) is 12.8 Å². The third-order valence-corrected chi connectivity index (χ3v) is 4.85. The molecular weight excluding hydrogens is 346 g/mol. The minimum absolute atomic E-state index is 0.209. The number of hydrogen-bond acceptors (Lipinski definition) is 4. The highest BCUT2D eigenvalue weighted by atomic mass is 16.6. The molecule has 0 radical (unpaired) electrons. The highest BCUT2D eigenvalue weighted by Gasteiger charge is 2.32. The molecule has 1 saturated heterocycles. The molecule has 8 heteroatoms. The number of amides is 2. The quantitative estimate of drug-likeness (QED) is 0.381. The first-order chi connectivity index (χ1) is 12.8. The number of hydrogen-bond donors (Lipinski definition) is 3. The Labute approximate surface area is 162 Å². The van der Waals surface area contributed by atoms with E-state index in [1.807, 2.05) is 25.7 Å². The van der Waals surface area contributed by atoms with Gasteiger partial charge in [0.15, 0.2) is 5.96 Å². The van der Waals surface area contributed by atoms with E-state index < -0.39 is 11.7 Å². The molecule has 0 bridgehead atoms. The van der Waals surface area contributed by atoms with Gasteiger partial charge in [-0.25, -0.2) is 4.79 Å². The van der Waals surface area contributed by atoms with Gasteiger partial charge in [0.25, 0.3) is 0 Å². The van der Waals surface area contributed by atoms with Crippen molar-refractivity contribution < 1.29 is 14.3 Å². The van der Waals surface area contributed by atoms with Crippen molar-refractivity contribution in [2.75, 3.05) is 33.2 Å². The van der Waals surface area contributed by atoms with E-state index in [4.69, 9.17) is 4.74 Å². The first-order valence-corrected chi connectivity index (χ1v) is 10.0. The van der Waals surface area contributed by atoms with Gasteiger partial charge in [0.2, 0.25) is 5.91 Å². The van der Waals surface area contributed by atoms with Crippen LogP contribution in [0.2, 0.25) is 0 Å². The van der Waals surface area contributed by atoms with Gasteiger partial charge in [-0.05, 0) is 40.0 Å². The SMILES string of the molecule is CN=C(NCCNC(=O)OC(C)(C)C)NC1CCN(C(=O)C2CCCC2)C1. The minimum Gasteiger partial charge on any atom is -0.444 e. The molecule has 2 rings (SSSR count). The van der Waals surface area contributed by atoms with Gasteiger partial charge in [-0.1, -0.05) is 12.8 Å². The monoisotopic (exact) mass is 381 g/mol. The van der Waals surface area contributed by atoms with Crippen molar-refractivity contribution in [1.82, 2.24) is 20.9 Å². The largest absolute Gasteiger partial charge is 0.444 e. The van der Waals surface area contributed by atoms with Crippen LogP contribution < -0.4 is 16.0 Å². The topological polar surface area (TPSA) is 95.1 Å². The van der Waals surface area contributed by atoms with Crippen LogP contribution >= 0.6 is 0 Å². The Morgan fingerprint density at radius 3 is 2.41 bits per heavy atom. The fourth-order valence-corrected chi connectivity index (χ4v) is 3.56. The van der Waals surface area contributed by atoms with Crippen LogP contribution in [0.5, 0.6) is 0 Å². The molecule has 2 amide bonds. The lowest BCUT2D eigenvalue weighted by Crippen LogP contribution is -2.47. The molecule has 2 aliphatic rings. The molecule has 1 aliphatic carbocycles. The number of nitrogens with one attached hydrogen (secondary N) is 3. The molecule has 2 fully saturated rings. The average molecular weight is 382 g/mol. The smallest absolute Gasteiger partial charge is 0.407 e. The molecular formula is C19H35N5O3. The summed E-state index contributed by atoms with van der Waals surface area (Å²) in [5.41, 5.74) is -0.501. The summed E-state index contributed by atoms with van der Waals surface area (Å²) in [6, 6.07) is 0.209. The van der Waals surface area contributed by atoms with Crippen LogP contribution in [0.3, 0.4) is 0 Å². The second kappa shape index (κ2) is 9.80. The lowest BCUT2D eigenvalue weighted by atomic mass is 10.1. The standard InChI is InChI=1S/C19H35N5O3/c1-19(2,3)27-18(26)22-11-10-21-17(20-4)23-15-9-12-24(13-15)16(25)14-7-5-6-8-14/h14-15H,5-13H2,1-4H3,(H,22,26)(H2,20,21,23). The van der Waals surface area contributed by atoms with Gasteiger partial charge >= 0.3 is 6.09 Å². The molecule has 1 heterocycles. The van der Waals surface area contributed by atoms with Gasteiger partial charge in [-0.3, -0.25) is 9.79 Å². The zero-order valence-electron chi connectivity index (χ0n) is 17.1. The number of nitrogens with zero attached hydrogens (tertiary/aromatic N) is 2. The van der Waals surface area contributed by atoms with Crippen LogP contribution in [0.1, 0.15) is 52.9 Å². The fourth-order valence-electron chi connectivity index (χ4n) is 3.56. The van der Waals surface area contributed by atoms with E-state index in [2.05, 4.69) is 20.9 Å². The molecule has 154 valence electrons. The summed E-state index contributed by atoms with van der Waals surface area (Å²) >= 11 is 0. The van der Waals surface area contributed by atoms with Crippen LogP contribution in [-0.2, 0) is 9.53 Å². The third-order valence-electron chi connectivity index (χ3n) is 4.85. The van der Waals surface area contributed by atoms with Crippen molar-refractivity contribution in [2.24, 2.45) is 10.9 Å². The van der Waals surface area contributed by atoms with Crippen LogP contribution in [0.15, 0.2) is 4.99 Å². The number of guanidine groups is 1. The highest BCUT2D eigenvalue weighted by molar-refractivity contribution is 5.81. The second-order valence-corrected chi connectivity index (χ2v) is 8.32. The van der Waals surface area contributed by atoms with Crippen molar-refractivity contribution in [3.05, 3.63) is 0 Å². The first-order valence-electron chi connectivity index (χ1n) is 10.0. The minimum atomic E-state index is -0.501. The van der Waals surface area contributed by atoms with Gasteiger partial charge in [0, 0.05) is 45.2 Å². The Morgan fingerprint density at radius 2 is 1.78 bits per heavy atom. The average Bonchev–Trinajstić information content (AvgIpc) is 3.27. The summed E-state index contributed by atoms with van der Waals surface area (Å²) < 4.78 is 5.19. The zero-order valence-corrected chi connectivity index (χ0v) is 17.1. The van der Waals surface area contributed by atoms with E-state index >= 15 is 0 Å². The number of likely N-dealkylation sites (tertiary alicyclic amines) is 1. The summed E-state index contributed by atoms with van der Waals surface area (Å²) in [6.45, 7) is 8.01. The summed E-state index contributed by atoms with van der Waals surface area (Å²) in [7, 11) is 1.72. The molecule has 0 aromatic heterocycles. The van der Waals surface area contributed by atoms with Crippen LogP contribution in [-0.4, -0.2) is 67.7 Å². The predicted octanol–water partition coefficient (Wildman–Crippen LogP) is 1.47. The predicted molar refractivity (Wildman–Crippen MR) is 106 cm³/mol. The second-order valence-electron chi connectivity index (χ2n) is 8.32. The number of carbonyl (C=O) groups is 2. The molecule has 1 atom stereocenters. The first kappa shape index (κ1) is 21.3. The maximum Gasteiger partial charge on any atom is 0.407 e. The van der Waals surface area contributed by atoms with Crippen LogP contribution in [0.25, 0.3) is 0 Å². The summed E-state index contributed by atoms with van der Waals surface area (Å²) in [5.74, 6) is 1.24. The molecule has 27 heavy (non-hydrogen) atoms. The van der Waals surface area contributed by atoms with Gasteiger partial charge in [-0.15, -0.1) is 0 Å². The lowest BCUT2D eigenvalue weighted by molar-refractivity contribution is -0.134. The fraction of sp³-hybridized carbons (Fsp3) is 0.842. The number of ether oxygens (including phenoxy) is 1. The van der Waals surface area contributed by atoms with Gasteiger partial charge in [0.1, 0.15) is 5.60 Å². The number of aliphatic imine (C=N–C) groups is 1. The molecule has 1 aliphatic heterocycles. The lowest BCUT2D eigenvalue weighted by Gasteiger charge is -2.22. The van der Waals surface area contributed by atoms with Crippen molar-refractivity contribution in [3.8, 4) is 0 Å². The zero-order chi connectivity index (χ0) is 19.9. The van der Waals surface area contributed by atoms with E-state index in [0.717, 1.165) is 32.4 Å².